The van der Waals surface area contributed by atoms with E-state index in [2.05, 4.69) is 6.92 Å². The molecule has 230 valence electrons. The third-order valence-corrected chi connectivity index (χ3v) is 7.99. The van der Waals surface area contributed by atoms with Crippen LogP contribution in [-0.4, -0.2) is 93.2 Å². The first-order valence-corrected chi connectivity index (χ1v) is 14.6. The fraction of sp³-hybridized carbons (Fsp3) is 0.548. The lowest BCUT2D eigenvalue weighted by molar-refractivity contribution is -0.144. The molecule has 0 aliphatic carbocycles. The molecule has 3 atom stereocenters. The number of carboxylic acids is 1. The molecule has 2 aromatic carbocycles. The number of aliphatic carboxylic acids is 1. The van der Waals surface area contributed by atoms with E-state index >= 15 is 0 Å². The summed E-state index contributed by atoms with van der Waals surface area (Å²) < 4.78 is 28.2. The molecule has 1 amide bonds. The molecule has 0 spiro atoms. The topological polar surface area (TPSA) is 133 Å². The number of likely N-dealkylation sites (tertiary alicyclic amines) is 1. The Labute approximate surface area is 247 Å². The molecule has 1 unspecified atom stereocenters. The summed E-state index contributed by atoms with van der Waals surface area (Å²) in [6.07, 6.45) is 2.97. The fourth-order valence-corrected chi connectivity index (χ4v) is 5.85. The average molecular weight is 586 g/mol. The largest absolute Gasteiger partial charge is 0.493 e. The molecule has 0 bridgehead atoms. The van der Waals surface area contributed by atoms with Crippen LogP contribution in [0.25, 0.3) is 0 Å². The maximum Gasteiger partial charge on any atom is 0.308 e. The number of fused-ring (bicyclic) bond motifs is 1. The van der Waals surface area contributed by atoms with Crippen LogP contribution in [0, 0.1) is 5.92 Å². The summed E-state index contributed by atoms with van der Waals surface area (Å²) in [6, 6.07) is 10.5. The number of carboxylic acid groups (broad SMARTS) is 1. The number of amides is 1. The molecule has 2 heterocycles. The molecule has 4 rings (SSSR count). The first kappa shape index (κ1) is 31.2. The van der Waals surface area contributed by atoms with Crippen LogP contribution in [-0.2, 0) is 9.59 Å². The van der Waals surface area contributed by atoms with E-state index in [1.807, 2.05) is 46.2 Å². The number of methoxy groups -OCH3 is 2. The van der Waals surface area contributed by atoms with Gasteiger partial charge in [0.15, 0.2) is 23.0 Å². The number of carbonyl (C=O) groups is 2. The van der Waals surface area contributed by atoms with Gasteiger partial charge in [0, 0.05) is 31.6 Å². The molecule has 0 saturated carbocycles. The van der Waals surface area contributed by atoms with Gasteiger partial charge >= 0.3 is 5.97 Å². The van der Waals surface area contributed by atoms with Crippen molar-refractivity contribution < 1.29 is 38.4 Å². The second-order valence-electron chi connectivity index (χ2n) is 10.6. The standard InChI is InChI=1S/C31H43N3O8/c1-4-5-13-33(14-8-12-32)28(35)19-34-18-22(21-16-26(39-3)30-27(17-21)41-20-42-30)29(31(36)37)23(34)11-15-40-25-10-7-6-9-24(25)38-2/h6-7,9-10,16-17,22-23,29H,4-5,8,11-15,18-20,32H2,1-3H3,(H,36,37)/t22-,23+,29?/m1/s1. The summed E-state index contributed by atoms with van der Waals surface area (Å²) in [7, 11) is 3.12. The Kier molecular flexibility index (Phi) is 11.1. The van der Waals surface area contributed by atoms with E-state index in [1.54, 1.807) is 14.2 Å². The Balaban J connectivity index is 1.61. The molecule has 0 radical (unpaired) electrons. The quantitative estimate of drug-likeness (QED) is 0.302. The second kappa shape index (κ2) is 15.0. The zero-order valence-corrected chi connectivity index (χ0v) is 24.8. The van der Waals surface area contributed by atoms with Gasteiger partial charge in [-0.15, -0.1) is 0 Å². The Morgan fingerprint density at radius 2 is 1.81 bits per heavy atom. The minimum Gasteiger partial charge on any atom is -0.493 e. The van der Waals surface area contributed by atoms with Gasteiger partial charge in [-0.2, -0.15) is 0 Å². The van der Waals surface area contributed by atoms with Gasteiger partial charge in [-0.3, -0.25) is 14.5 Å². The van der Waals surface area contributed by atoms with Gasteiger partial charge in [-0.25, -0.2) is 0 Å². The number of unbranched alkanes of at least 4 members (excludes halogenated alkanes) is 1. The number of para-hydroxylation sites is 2. The van der Waals surface area contributed by atoms with Crippen molar-refractivity contribution in [3.63, 3.8) is 0 Å². The number of hydrogen-bond acceptors (Lipinski definition) is 9. The van der Waals surface area contributed by atoms with Gasteiger partial charge < -0.3 is 39.4 Å². The summed E-state index contributed by atoms with van der Waals surface area (Å²) in [4.78, 5) is 30.3. The predicted molar refractivity (Wildman–Crippen MR) is 157 cm³/mol. The monoisotopic (exact) mass is 585 g/mol. The third kappa shape index (κ3) is 7.19. The Morgan fingerprint density at radius 3 is 2.50 bits per heavy atom. The Bertz CT molecular complexity index is 1200. The highest BCUT2D eigenvalue weighted by Gasteiger charge is 2.47. The maximum atomic E-state index is 13.6. The number of ether oxygens (including phenoxy) is 5. The number of nitrogens with zero attached hydrogens (tertiary/aromatic N) is 2. The highest BCUT2D eigenvalue weighted by molar-refractivity contribution is 5.79. The highest BCUT2D eigenvalue weighted by atomic mass is 16.7. The number of nitrogens with two attached hydrogens (primary N) is 1. The van der Waals surface area contributed by atoms with E-state index < -0.39 is 23.8 Å². The van der Waals surface area contributed by atoms with Crippen molar-refractivity contribution in [3.05, 3.63) is 42.0 Å². The lowest BCUT2D eigenvalue weighted by Gasteiger charge is -2.29. The molecule has 1 saturated heterocycles. The van der Waals surface area contributed by atoms with Gasteiger partial charge in [0.05, 0.1) is 33.3 Å². The molecule has 2 aliphatic rings. The van der Waals surface area contributed by atoms with Crippen LogP contribution in [0.15, 0.2) is 36.4 Å². The lowest BCUT2D eigenvalue weighted by atomic mass is 9.84. The average Bonchev–Trinajstić information content (AvgIpc) is 3.62. The van der Waals surface area contributed by atoms with E-state index in [4.69, 9.17) is 29.4 Å². The van der Waals surface area contributed by atoms with E-state index in [9.17, 15) is 14.7 Å². The molecule has 2 aliphatic heterocycles. The summed E-state index contributed by atoms with van der Waals surface area (Å²) in [6.45, 7) is 4.62. The summed E-state index contributed by atoms with van der Waals surface area (Å²) in [5.74, 6) is 0.528. The second-order valence-corrected chi connectivity index (χ2v) is 10.6. The van der Waals surface area contributed by atoms with Crippen LogP contribution < -0.4 is 29.4 Å². The minimum atomic E-state index is -0.931. The van der Waals surface area contributed by atoms with Crippen molar-refractivity contribution in [2.24, 2.45) is 11.7 Å². The third-order valence-electron chi connectivity index (χ3n) is 7.99. The maximum absolute atomic E-state index is 13.6. The number of benzene rings is 2. The Morgan fingerprint density at radius 1 is 1.07 bits per heavy atom. The van der Waals surface area contributed by atoms with Crippen LogP contribution >= 0.6 is 0 Å². The van der Waals surface area contributed by atoms with Gasteiger partial charge in [0.2, 0.25) is 18.4 Å². The van der Waals surface area contributed by atoms with Crippen LogP contribution in [0.2, 0.25) is 0 Å². The van der Waals surface area contributed by atoms with Crippen molar-refractivity contribution in [2.75, 3.05) is 60.3 Å². The van der Waals surface area contributed by atoms with Crippen molar-refractivity contribution >= 4 is 11.9 Å². The molecular weight excluding hydrogens is 542 g/mol. The van der Waals surface area contributed by atoms with Gasteiger partial charge in [-0.1, -0.05) is 25.5 Å². The van der Waals surface area contributed by atoms with Crippen LogP contribution in [0.5, 0.6) is 28.7 Å². The summed E-state index contributed by atoms with van der Waals surface area (Å²) in [5.41, 5.74) is 6.51. The zero-order valence-electron chi connectivity index (χ0n) is 24.8. The zero-order chi connectivity index (χ0) is 30.1. The number of rotatable bonds is 16. The van der Waals surface area contributed by atoms with Crippen molar-refractivity contribution in [2.45, 2.75) is 44.6 Å². The summed E-state index contributed by atoms with van der Waals surface area (Å²) >= 11 is 0. The minimum absolute atomic E-state index is 0.0272. The fourth-order valence-electron chi connectivity index (χ4n) is 5.85. The molecule has 42 heavy (non-hydrogen) atoms. The smallest absolute Gasteiger partial charge is 0.308 e. The molecule has 11 nitrogen and oxygen atoms in total. The first-order chi connectivity index (χ1) is 20.4. The highest BCUT2D eigenvalue weighted by Crippen LogP contribution is 2.47. The molecular formula is C31H43N3O8. The lowest BCUT2D eigenvalue weighted by Crippen LogP contribution is -2.45. The molecule has 3 N–H and O–H groups in total. The van der Waals surface area contributed by atoms with Gasteiger partial charge in [0.25, 0.3) is 0 Å². The molecule has 11 heteroatoms. The van der Waals surface area contributed by atoms with Crippen LogP contribution in [0.1, 0.15) is 44.1 Å². The normalized spacial score (nSPS) is 19.5. The van der Waals surface area contributed by atoms with Gasteiger partial charge in [-0.05, 0) is 55.6 Å². The molecule has 0 aromatic heterocycles. The summed E-state index contributed by atoms with van der Waals surface area (Å²) in [5, 5.41) is 10.5. The van der Waals surface area contributed by atoms with Crippen LogP contribution in [0.3, 0.4) is 0 Å². The predicted octanol–water partition coefficient (Wildman–Crippen LogP) is 3.35. The molecule has 2 aromatic rings. The number of carbonyl (C=O) groups excluding carboxylic acids is 1. The first-order valence-electron chi connectivity index (χ1n) is 14.6. The van der Waals surface area contributed by atoms with Crippen molar-refractivity contribution in [3.8, 4) is 28.7 Å². The SMILES string of the molecule is CCCCN(CCCN)C(=O)CN1C[C@H](c2cc(OC)c3c(c2)OCO3)C(C(=O)O)[C@@H]1CCOc1ccccc1OC. The van der Waals surface area contributed by atoms with Crippen molar-refractivity contribution in [1.29, 1.82) is 0 Å². The van der Waals surface area contributed by atoms with E-state index in [0.29, 0.717) is 67.8 Å². The van der Waals surface area contributed by atoms with Gasteiger partial charge in [0.1, 0.15) is 0 Å². The van der Waals surface area contributed by atoms with Crippen LogP contribution in [0.4, 0.5) is 0 Å². The van der Waals surface area contributed by atoms with E-state index in [-0.39, 0.29) is 25.9 Å². The van der Waals surface area contributed by atoms with E-state index in [0.717, 1.165) is 18.4 Å². The van der Waals surface area contributed by atoms with E-state index in [1.165, 1.54) is 0 Å². The van der Waals surface area contributed by atoms with Crippen molar-refractivity contribution in [1.82, 2.24) is 9.80 Å². The number of hydrogen-bond donors (Lipinski definition) is 2. The molecule has 1 fully saturated rings. The Hall–Kier alpha value is -3.70.